The summed E-state index contributed by atoms with van der Waals surface area (Å²) < 4.78 is 5.21. The molecule has 0 unspecified atom stereocenters. The van der Waals surface area contributed by atoms with Crippen LogP contribution in [0.25, 0.3) is 0 Å². The molecule has 0 saturated carbocycles. The van der Waals surface area contributed by atoms with Crippen LogP contribution in [-0.2, 0) is 4.79 Å². The van der Waals surface area contributed by atoms with Crippen molar-refractivity contribution < 1.29 is 14.6 Å². The molecule has 1 N–H and O–H groups in total. The normalized spacial score (nSPS) is 21.8. The Labute approximate surface area is 107 Å². The van der Waals surface area contributed by atoms with Gasteiger partial charge in [-0.15, -0.1) is 0 Å². The maximum absolute atomic E-state index is 11.0. The fraction of sp³-hybridized carbons (Fsp3) is 0.500. The van der Waals surface area contributed by atoms with Crippen LogP contribution in [0.5, 0.6) is 5.75 Å². The van der Waals surface area contributed by atoms with Crippen LogP contribution in [0.4, 0.5) is 0 Å². The van der Waals surface area contributed by atoms with E-state index in [0.717, 1.165) is 18.7 Å². The number of benzene rings is 1. The van der Waals surface area contributed by atoms with E-state index in [9.17, 15) is 4.79 Å². The van der Waals surface area contributed by atoms with Crippen molar-refractivity contribution in [2.75, 3.05) is 20.2 Å². The Balaban J connectivity index is 2.07. The molecule has 0 bridgehead atoms. The molecule has 98 valence electrons. The molecule has 0 spiro atoms. The van der Waals surface area contributed by atoms with Gasteiger partial charge in [0.15, 0.2) is 0 Å². The zero-order valence-electron chi connectivity index (χ0n) is 10.8. The van der Waals surface area contributed by atoms with E-state index in [1.165, 1.54) is 5.56 Å². The lowest BCUT2D eigenvalue weighted by Gasteiger charge is -2.24. The number of hydrogen-bond acceptors (Lipinski definition) is 3. The zero-order valence-corrected chi connectivity index (χ0v) is 10.8. The monoisotopic (exact) mass is 249 g/mol. The Morgan fingerprint density at radius 1 is 1.56 bits per heavy atom. The highest BCUT2D eigenvalue weighted by molar-refractivity contribution is 5.70. The van der Waals surface area contributed by atoms with Crippen LogP contribution in [-0.4, -0.2) is 36.2 Å². The predicted octanol–water partition coefficient (Wildman–Crippen LogP) is 2.16. The number of carboxylic acid groups (broad SMARTS) is 1. The molecule has 1 fully saturated rings. The summed E-state index contributed by atoms with van der Waals surface area (Å²) in [4.78, 5) is 13.2. The summed E-state index contributed by atoms with van der Waals surface area (Å²) >= 11 is 0. The third-order valence-corrected chi connectivity index (χ3v) is 3.69. The number of hydrogen-bond donors (Lipinski definition) is 1. The first-order valence-corrected chi connectivity index (χ1v) is 6.22. The summed E-state index contributed by atoms with van der Waals surface area (Å²) in [6.07, 6.45) is 0.740. The second-order valence-electron chi connectivity index (χ2n) is 4.77. The van der Waals surface area contributed by atoms with Crippen LogP contribution in [0.3, 0.4) is 0 Å². The number of nitrogens with zero attached hydrogens (tertiary/aromatic N) is 1. The molecule has 0 amide bonds. The Kier molecular flexibility index (Phi) is 3.87. The third kappa shape index (κ3) is 2.64. The van der Waals surface area contributed by atoms with Crippen molar-refractivity contribution in [2.45, 2.75) is 19.4 Å². The molecule has 0 aromatic heterocycles. The van der Waals surface area contributed by atoms with Crippen molar-refractivity contribution in [1.29, 1.82) is 0 Å². The molecule has 4 heteroatoms. The lowest BCUT2D eigenvalue weighted by Crippen LogP contribution is -2.26. The van der Waals surface area contributed by atoms with Gasteiger partial charge >= 0.3 is 5.97 Å². The van der Waals surface area contributed by atoms with Crippen molar-refractivity contribution in [3.8, 4) is 5.75 Å². The smallest absolute Gasteiger partial charge is 0.307 e. The van der Waals surface area contributed by atoms with Crippen molar-refractivity contribution >= 4 is 5.97 Å². The zero-order chi connectivity index (χ0) is 13.1. The minimum atomic E-state index is -0.685. The van der Waals surface area contributed by atoms with Gasteiger partial charge in [0, 0.05) is 12.6 Å². The fourth-order valence-corrected chi connectivity index (χ4v) is 2.45. The van der Waals surface area contributed by atoms with Gasteiger partial charge in [-0.25, -0.2) is 0 Å². The second kappa shape index (κ2) is 5.40. The molecule has 18 heavy (non-hydrogen) atoms. The summed E-state index contributed by atoms with van der Waals surface area (Å²) in [6.45, 7) is 3.59. The first kappa shape index (κ1) is 12.9. The Morgan fingerprint density at radius 3 is 2.94 bits per heavy atom. The average Bonchev–Trinajstić information content (AvgIpc) is 2.87. The standard InChI is InChI=1S/C14H19NO3/c1-10(11-4-3-5-13(8-11)18-2)15-7-6-12(9-15)14(16)17/h3-5,8,10,12H,6-7,9H2,1-2H3,(H,16,17)/t10-,12+/m0/s1. The highest BCUT2D eigenvalue weighted by atomic mass is 16.5. The van der Waals surface area contributed by atoms with Gasteiger partial charge in [0.2, 0.25) is 0 Å². The average molecular weight is 249 g/mol. The molecule has 4 nitrogen and oxygen atoms in total. The predicted molar refractivity (Wildman–Crippen MR) is 68.7 cm³/mol. The lowest BCUT2D eigenvalue weighted by molar-refractivity contribution is -0.141. The highest BCUT2D eigenvalue weighted by Crippen LogP contribution is 2.29. The minimum absolute atomic E-state index is 0.224. The van der Waals surface area contributed by atoms with Crippen molar-refractivity contribution in [3.63, 3.8) is 0 Å². The Hall–Kier alpha value is -1.55. The van der Waals surface area contributed by atoms with Crippen LogP contribution in [0, 0.1) is 5.92 Å². The summed E-state index contributed by atoms with van der Waals surface area (Å²) in [6, 6.07) is 8.18. The molecule has 2 rings (SSSR count). The van der Waals surface area contributed by atoms with Crippen LogP contribution < -0.4 is 4.74 Å². The first-order chi connectivity index (χ1) is 8.61. The van der Waals surface area contributed by atoms with E-state index >= 15 is 0 Å². The van der Waals surface area contributed by atoms with Gasteiger partial charge < -0.3 is 9.84 Å². The topological polar surface area (TPSA) is 49.8 Å². The number of rotatable bonds is 4. The second-order valence-corrected chi connectivity index (χ2v) is 4.77. The van der Waals surface area contributed by atoms with Gasteiger partial charge in [0.25, 0.3) is 0 Å². The van der Waals surface area contributed by atoms with Gasteiger partial charge in [0.1, 0.15) is 5.75 Å². The summed E-state index contributed by atoms with van der Waals surface area (Å²) in [5, 5.41) is 9.02. The minimum Gasteiger partial charge on any atom is -0.497 e. The number of ether oxygens (including phenoxy) is 1. The first-order valence-electron chi connectivity index (χ1n) is 6.22. The quantitative estimate of drug-likeness (QED) is 0.888. The van der Waals surface area contributed by atoms with Crippen LogP contribution in [0.2, 0.25) is 0 Å². The molecule has 1 aliphatic rings. The van der Waals surface area contributed by atoms with E-state index in [1.54, 1.807) is 7.11 Å². The van der Waals surface area contributed by atoms with Gasteiger partial charge in [0.05, 0.1) is 13.0 Å². The molecule has 1 aliphatic heterocycles. The highest BCUT2D eigenvalue weighted by Gasteiger charge is 2.30. The fourth-order valence-electron chi connectivity index (χ4n) is 2.45. The van der Waals surface area contributed by atoms with E-state index < -0.39 is 5.97 Å². The van der Waals surface area contributed by atoms with Gasteiger partial charge in [-0.3, -0.25) is 9.69 Å². The van der Waals surface area contributed by atoms with Crippen molar-refractivity contribution in [3.05, 3.63) is 29.8 Å². The van der Waals surface area contributed by atoms with E-state index in [2.05, 4.69) is 17.9 Å². The van der Waals surface area contributed by atoms with Gasteiger partial charge in [-0.2, -0.15) is 0 Å². The molecular weight excluding hydrogens is 230 g/mol. The molecule has 0 radical (unpaired) electrons. The summed E-state index contributed by atoms with van der Waals surface area (Å²) in [5.74, 6) is -0.0678. The molecule has 1 saturated heterocycles. The van der Waals surface area contributed by atoms with Crippen LogP contribution in [0.1, 0.15) is 24.9 Å². The molecule has 1 heterocycles. The number of methoxy groups -OCH3 is 1. The largest absolute Gasteiger partial charge is 0.497 e. The van der Waals surface area contributed by atoms with Crippen LogP contribution in [0.15, 0.2) is 24.3 Å². The SMILES string of the molecule is COc1cccc([C@H](C)N2CC[C@@H](C(=O)O)C2)c1. The van der Waals surface area contributed by atoms with E-state index in [4.69, 9.17) is 9.84 Å². The number of carboxylic acids is 1. The van der Waals surface area contributed by atoms with Crippen LogP contribution >= 0.6 is 0 Å². The maximum atomic E-state index is 11.0. The summed E-state index contributed by atoms with van der Waals surface area (Å²) in [7, 11) is 1.65. The van der Waals surface area contributed by atoms with Crippen molar-refractivity contribution in [1.82, 2.24) is 4.90 Å². The van der Waals surface area contributed by atoms with Gasteiger partial charge in [-0.1, -0.05) is 12.1 Å². The van der Waals surface area contributed by atoms with E-state index in [0.29, 0.717) is 6.54 Å². The third-order valence-electron chi connectivity index (χ3n) is 3.69. The van der Waals surface area contributed by atoms with E-state index in [-0.39, 0.29) is 12.0 Å². The molecule has 0 aliphatic carbocycles. The molecule has 1 aromatic carbocycles. The Bertz CT molecular complexity index is 433. The number of aliphatic carboxylic acids is 1. The maximum Gasteiger partial charge on any atom is 0.307 e. The molecule has 2 atom stereocenters. The molecule has 1 aromatic rings. The molecular formula is C14H19NO3. The Morgan fingerprint density at radius 2 is 2.33 bits per heavy atom. The van der Waals surface area contributed by atoms with E-state index in [1.807, 2.05) is 18.2 Å². The lowest BCUT2D eigenvalue weighted by atomic mass is 10.1. The number of carbonyl (C=O) groups is 1. The van der Waals surface area contributed by atoms with Crippen molar-refractivity contribution in [2.24, 2.45) is 5.92 Å². The summed E-state index contributed by atoms with van der Waals surface area (Å²) in [5.41, 5.74) is 1.17. The number of likely N-dealkylation sites (tertiary alicyclic amines) is 1. The van der Waals surface area contributed by atoms with Gasteiger partial charge in [-0.05, 0) is 37.6 Å².